The lowest BCUT2D eigenvalue weighted by molar-refractivity contribution is -0.119. The Hall–Kier alpha value is -1.18. The van der Waals surface area contributed by atoms with Crippen LogP contribution in [0.3, 0.4) is 0 Å². The van der Waals surface area contributed by atoms with Crippen LogP contribution in [0.2, 0.25) is 0 Å². The highest BCUT2D eigenvalue weighted by Crippen LogP contribution is 2.16. The van der Waals surface area contributed by atoms with E-state index in [1.165, 1.54) is 0 Å². The number of urea groups is 1. The van der Waals surface area contributed by atoms with Crippen molar-refractivity contribution >= 4 is 11.9 Å². The number of ether oxygens (including phenoxy) is 1. The summed E-state index contributed by atoms with van der Waals surface area (Å²) in [7, 11) is 0. The summed E-state index contributed by atoms with van der Waals surface area (Å²) < 4.78 is 5.02. The lowest BCUT2D eigenvalue weighted by Gasteiger charge is -2.20. The van der Waals surface area contributed by atoms with Crippen molar-refractivity contribution in [3.05, 3.63) is 0 Å². The zero-order valence-electron chi connectivity index (χ0n) is 8.28. The number of primary amides is 1. The number of hydrogen-bond donors (Lipinski definition) is 4. The first-order valence-electron chi connectivity index (χ1n) is 4.62. The molecule has 0 aromatic heterocycles. The molecule has 0 spiro atoms. The molecule has 0 aliphatic carbocycles. The Balaban J connectivity index is 2.15. The smallest absolute Gasteiger partial charge is 0.318 e. The molecule has 1 unspecified atom stereocenters. The van der Waals surface area contributed by atoms with Gasteiger partial charge in [-0.2, -0.15) is 0 Å². The molecular weight excluding hydrogens is 202 g/mol. The van der Waals surface area contributed by atoms with E-state index in [0.29, 0.717) is 13.0 Å². The molecule has 0 aromatic rings. The quantitative estimate of drug-likeness (QED) is 0.431. The van der Waals surface area contributed by atoms with E-state index >= 15 is 0 Å². The monoisotopic (exact) mass is 217 g/mol. The molecule has 1 rings (SSSR count). The highest BCUT2D eigenvalue weighted by molar-refractivity contribution is 5.94. The van der Waals surface area contributed by atoms with Gasteiger partial charge in [-0.05, 0) is 0 Å². The molecule has 1 aliphatic heterocycles. The SMILES string of the molecule is NC(=O)NC(=O)CNCC1(O)CCOC1. The van der Waals surface area contributed by atoms with Crippen LogP contribution in [0.25, 0.3) is 0 Å². The third-order valence-corrected chi connectivity index (χ3v) is 2.08. The van der Waals surface area contributed by atoms with E-state index in [1.54, 1.807) is 0 Å². The Labute approximate surface area is 87.0 Å². The lowest BCUT2D eigenvalue weighted by atomic mass is 10.0. The molecule has 0 radical (unpaired) electrons. The summed E-state index contributed by atoms with van der Waals surface area (Å²) in [5.74, 6) is -0.523. The molecule has 0 saturated carbocycles. The maximum absolute atomic E-state index is 10.9. The molecule has 1 fully saturated rings. The second-order valence-corrected chi connectivity index (χ2v) is 3.54. The van der Waals surface area contributed by atoms with Crippen LogP contribution >= 0.6 is 0 Å². The van der Waals surface area contributed by atoms with Crippen LogP contribution < -0.4 is 16.4 Å². The number of hydrogen-bond acceptors (Lipinski definition) is 5. The third-order valence-electron chi connectivity index (χ3n) is 2.08. The zero-order valence-corrected chi connectivity index (χ0v) is 8.28. The number of nitrogens with two attached hydrogens (primary N) is 1. The second-order valence-electron chi connectivity index (χ2n) is 3.54. The summed E-state index contributed by atoms with van der Waals surface area (Å²) in [5.41, 5.74) is 3.84. The number of aliphatic hydroxyl groups is 1. The molecule has 1 aliphatic rings. The standard InChI is InChI=1S/C8H15N3O4/c9-7(13)11-6(12)3-10-4-8(14)1-2-15-5-8/h10,14H,1-5H2,(H3,9,11,12,13). The first-order chi connectivity index (χ1) is 7.02. The van der Waals surface area contributed by atoms with Crippen molar-refractivity contribution in [2.24, 2.45) is 5.73 Å². The molecule has 5 N–H and O–H groups in total. The van der Waals surface area contributed by atoms with Crippen molar-refractivity contribution in [2.45, 2.75) is 12.0 Å². The summed E-state index contributed by atoms with van der Waals surface area (Å²) in [4.78, 5) is 21.2. The minimum absolute atomic E-state index is 0.0642. The maximum Gasteiger partial charge on any atom is 0.318 e. The van der Waals surface area contributed by atoms with E-state index in [-0.39, 0.29) is 19.7 Å². The Bertz CT molecular complexity index is 250. The summed E-state index contributed by atoms with van der Waals surface area (Å²) >= 11 is 0. The molecule has 7 nitrogen and oxygen atoms in total. The van der Waals surface area contributed by atoms with Crippen molar-refractivity contribution in [3.63, 3.8) is 0 Å². The predicted octanol–water partition coefficient (Wildman–Crippen LogP) is -2.08. The molecule has 1 heterocycles. The third kappa shape index (κ3) is 4.24. The van der Waals surface area contributed by atoms with Gasteiger partial charge in [0.2, 0.25) is 5.91 Å². The van der Waals surface area contributed by atoms with E-state index in [4.69, 9.17) is 10.5 Å². The topological polar surface area (TPSA) is 114 Å². The number of carbonyl (C=O) groups excluding carboxylic acids is 2. The fraction of sp³-hybridized carbons (Fsp3) is 0.750. The normalized spacial score (nSPS) is 25.1. The molecule has 1 atom stereocenters. The van der Waals surface area contributed by atoms with Crippen LogP contribution in [-0.4, -0.2) is 48.9 Å². The van der Waals surface area contributed by atoms with Crippen LogP contribution in [0, 0.1) is 0 Å². The second kappa shape index (κ2) is 5.06. The summed E-state index contributed by atoms with van der Waals surface area (Å²) in [6.07, 6.45) is 0.539. The van der Waals surface area contributed by atoms with Gasteiger partial charge in [-0.1, -0.05) is 0 Å². The highest BCUT2D eigenvalue weighted by atomic mass is 16.5. The number of rotatable bonds is 4. The number of amides is 3. The molecule has 7 heteroatoms. The minimum Gasteiger partial charge on any atom is -0.386 e. The summed E-state index contributed by atoms with van der Waals surface area (Å²) in [6.45, 7) is 0.966. The number of imide groups is 1. The van der Waals surface area contributed by atoms with Crippen molar-refractivity contribution in [2.75, 3.05) is 26.3 Å². The summed E-state index contributed by atoms with van der Waals surface area (Å²) in [5, 5.41) is 14.4. The van der Waals surface area contributed by atoms with Gasteiger partial charge in [0.15, 0.2) is 0 Å². The Kier molecular flexibility index (Phi) is 4.01. The Morgan fingerprint density at radius 1 is 1.53 bits per heavy atom. The van der Waals surface area contributed by atoms with E-state index in [0.717, 1.165) is 0 Å². The zero-order chi connectivity index (χ0) is 11.3. The molecule has 1 saturated heterocycles. The van der Waals surface area contributed by atoms with Gasteiger partial charge >= 0.3 is 6.03 Å². The fourth-order valence-electron chi connectivity index (χ4n) is 1.33. The van der Waals surface area contributed by atoms with Crippen LogP contribution in [0.4, 0.5) is 4.79 Å². The van der Waals surface area contributed by atoms with Crippen LogP contribution in [0.15, 0.2) is 0 Å². The molecule has 0 bridgehead atoms. The van der Waals surface area contributed by atoms with Crippen molar-refractivity contribution in [1.29, 1.82) is 0 Å². The molecule has 0 aromatic carbocycles. The van der Waals surface area contributed by atoms with E-state index < -0.39 is 17.5 Å². The largest absolute Gasteiger partial charge is 0.386 e. The average Bonchev–Trinajstić information content (AvgIpc) is 2.51. The molecular formula is C8H15N3O4. The molecule has 86 valence electrons. The first kappa shape index (κ1) is 11.9. The Morgan fingerprint density at radius 3 is 2.80 bits per heavy atom. The van der Waals surface area contributed by atoms with Gasteiger partial charge in [-0.3, -0.25) is 10.1 Å². The van der Waals surface area contributed by atoms with Crippen molar-refractivity contribution in [1.82, 2.24) is 10.6 Å². The number of nitrogens with one attached hydrogen (secondary N) is 2. The fourth-order valence-corrected chi connectivity index (χ4v) is 1.33. The molecule has 15 heavy (non-hydrogen) atoms. The van der Waals surface area contributed by atoms with Crippen LogP contribution in [0.5, 0.6) is 0 Å². The van der Waals surface area contributed by atoms with Gasteiger partial charge in [0, 0.05) is 19.6 Å². The average molecular weight is 217 g/mol. The van der Waals surface area contributed by atoms with Crippen molar-refractivity contribution in [3.8, 4) is 0 Å². The molecule has 3 amide bonds. The van der Waals surface area contributed by atoms with Crippen molar-refractivity contribution < 1.29 is 19.4 Å². The van der Waals surface area contributed by atoms with Gasteiger partial charge in [0.25, 0.3) is 0 Å². The van der Waals surface area contributed by atoms with Gasteiger partial charge < -0.3 is 20.9 Å². The van der Waals surface area contributed by atoms with E-state index in [9.17, 15) is 14.7 Å². The van der Waals surface area contributed by atoms with Gasteiger partial charge in [0.1, 0.15) is 5.60 Å². The van der Waals surface area contributed by atoms with Gasteiger partial charge in [-0.15, -0.1) is 0 Å². The Morgan fingerprint density at radius 2 is 2.27 bits per heavy atom. The van der Waals surface area contributed by atoms with Crippen LogP contribution in [0.1, 0.15) is 6.42 Å². The maximum atomic E-state index is 10.9. The summed E-state index contributed by atoms with van der Waals surface area (Å²) in [6, 6.07) is -0.885. The first-order valence-corrected chi connectivity index (χ1v) is 4.62. The highest BCUT2D eigenvalue weighted by Gasteiger charge is 2.31. The minimum atomic E-state index is -0.910. The predicted molar refractivity (Wildman–Crippen MR) is 51.0 cm³/mol. The van der Waals surface area contributed by atoms with Crippen LogP contribution in [-0.2, 0) is 9.53 Å². The van der Waals surface area contributed by atoms with E-state index in [1.807, 2.05) is 5.32 Å². The lowest BCUT2D eigenvalue weighted by Crippen LogP contribution is -2.46. The number of carbonyl (C=O) groups is 2. The van der Waals surface area contributed by atoms with Gasteiger partial charge in [0.05, 0.1) is 13.2 Å². The van der Waals surface area contributed by atoms with E-state index in [2.05, 4.69) is 5.32 Å². The van der Waals surface area contributed by atoms with Gasteiger partial charge in [-0.25, -0.2) is 4.79 Å².